The number of aromatic nitrogens is 1. The minimum Gasteiger partial charge on any atom is -0.494 e. The van der Waals surface area contributed by atoms with E-state index in [1.165, 1.54) is 11.3 Å². The van der Waals surface area contributed by atoms with E-state index in [-0.39, 0.29) is 5.91 Å². The number of ether oxygens (including phenoxy) is 1. The van der Waals surface area contributed by atoms with Gasteiger partial charge in [0.2, 0.25) is 0 Å². The van der Waals surface area contributed by atoms with Gasteiger partial charge in [-0.15, -0.1) is 11.8 Å². The molecule has 4 aromatic rings. The lowest BCUT2D eigenvalue weighted by Gasteiger charge is -2.20. The fourth-order valence-corrected chi connectivity index (χ4v) is 4.77. The van der Waals surface area contributed by atoms with Gasteiger partial charge in [0.05, 0.1) is 30.2 Å². The summed E-state index contributed by atoms with van der Waals surface area (Å²) < 4.78 is 12.0. The van der Waals surface area contributed by atoms with E-state index in [4.69, 9.17) is 14.1 Å². The molecule has 29 heavy (non-hydrogen) atoms. The zero-order valence-electron chi connectivity index (χ0n) is 16.3. The minimum atomic E-state index is -0.109. The van der Waals surface area contributed by atoms with Crippen LogP contribution in [0, 0.1) is 6.92 Å². The standard InChI is InChI=1S/C22H20N2O3S2/c1-14-10-11-17(26-2)19-20(14)29-22(23-19)24(13-15-7-6-12-27-15)21(25)16-8-4-5-9-18(16)28-3/h4-12H,13H2,1-3H3. The lowest BCUT2D eigenvalue weighted by atomic mass is 10.2. The number of methoxy groups -OCH3 is 1. The topological polar surface area (TPSA) is 55.6 Å². The second-order valence-corrected chi connectivity index (χ2v) is 8.26. The van der Waals surface area contributed by atoms with Gasteiger partial charge in [-0.25, -0.2) is 4.98 Å². The molecule has 0 aliphatic carbocycles. The molecule has 1 amide bonds. The van der Waals surface area contributed by atoms with Crippen molar-refractivity contribution in [3.63, 3.8) is 0 Å². The summed E-state index contributed by atoms with van der Waals surface area (Å²) in [4.78, 5) is 21.0. The number of aryl methyl sites for hydroxylation is 1. The predicted octanol–water partition coefficient (Wildman–Crippen LogP) is 5.78. The Morgan fingerprint density at radius 1 is 1.21 bits per heavy atom. The summed E-state index contributed by atoms with van der Waals surface area (Å²) in [7, 11) is 1.63. The second-order valence-electron chi connectivity index (χ2n) is 6.43. The van der Waals surface area contributed by atoms with Gasteiger partial charge in [-0.2, -0.15) is 0 Å². The summed E-state index contributed by atoms with van der Waals surface area (Å²) in [6, 6.07) is 15.2. The van der Waals surface area contributed by atoms with Crippen LogP contribution in [-0.4, -0.2) is 24.3 Å². The van der Waals surface area contributed by atoms with Gasteiger partial charge in [0.25, 0.3) is 5.91 Å². The van der Waals surface area contributed by atoms with Crippen molar-refractivity contribution in [2.24, 2.45) is 0 Å². The third-order valence-electron chi connectivity index (χ3n) is 4.62. The van der Waals surface area contributed by atoms with Gasteiger partial charge in [0.1, 0.15) is 17.0 Å². The van der Waals surface area contributed by atoms with Crippen molar-refractivity contribution in [1.82, 2.24) is 4.98 Å². The quantitative estimate of drug-likeness (QED) is 0.368. The van der Waals surface area contributed by atoms with Crippen LogP contribution in [0.5, 0.6) is 5.75 Å². The number of carbonyl (C=O) groups is 1. The molecule has 0 radical (unpaired) electrons. The SMILES string of the molecule is COc1ccc(C)c2sc(N(Cc3ccco3)C(=O)c3ccccc3SC)nc12. The number of nitrogens with zero attached hydrogens (tertiary/aromatic N) is 2. The van der Waals surface area contributed by atoms with Crippen LogP contribution in [-0.2, 0) is 6.54 Å². The smallest absolute Gasteiger partial charge is 0.261 e. The van der Waals surface area contributed by atoms with Crippen LogP contribution in [0.2, 0.25) is 0 Å². The van der Waals surface area contributed by atoms with E-state index in [0.717, 1.165) is 20.7 Å². The normalized spacial score (nSPS) is 11.0. The molecule has 0 unspecified atom stereocenters. The van der Waals surface area contributed by atoms with Gasteiger partial charge in [0, 0.05) is 4.90 Å². The summed E-state index contributed by atoms with van der Waals surface area (Å²) in [5.74, 6) is 1.29. The molecular formula is C22H20N2O3S2. The van der Waals surface area contributed by atoms with Crippen molar-refractivity contribution >= 4 is 44.4 Å². The molecule has 2 heterocycles. The number of rotatable bonds is 6. The molecule has 5 nitrogen and oxygen atoms in total. The molecule has 4 rings (SSSR count). The van der Waals surface area contributed by atoms with E-state index >= 15 is 0 Å². The number of furan rings is 1. The van der Waals surface area contributed by atoms with E-state index in [0.29, 0.717) is 28.7 Å². The summed E-state index contributed by atoms with van der Waals surface area (Å²) in [6.45, 7) is 2.33. The van der Waals surface area contributed by atoms with E-state index in [1.807, 2.05) is 61.7 Å². The molecule has 7 heteroatoms. The Labute approximate surface area is 177 Å². The molecule has 2 aromatic carbocycles. The van der Waals surface area contributed by atoms with Crippen LogP contribution in [0.3, 0.4) is 0 Å². The minimum absolute atomic E-state index is 0.109. The zero-order chi connectivity index (χ0) is 20.4. The van der Waals surface area contributed by atoms with E-state index in [9.17, 15) is 4.79 Å². The summed E-state index contributed by atoms with van der Waals surface area (Å²) in [5, 5.41) is 0.616. The van der Waals surface area contributed by atoms with Crippen LogP contribution in [0.4, 0.5) is 5.13 Å². The van der Waals surface area contributed by atoms with Gasteiger partial charge in [0.15, 0.2) is 5.13 Å². The van der Waals surface area contributed by atoms with E-state index in [2.05, 4.69) is 0 Å². The molecule has 0 saturated carbocycles. The Balaban J connectivity index is 1.84. The predicted molar refractivity (Wildman–Crippen MR) is 118 cm³/mol. The van der Waals surface area contributed by atoms with Crippen LogP contribution < -0.4 is 9.64 Å². The molecule has 0 fully saturated rings. The highest BCUT2D eigenvalue weighted by Crippen LogP contribution is 2.37. The fraction of sp³-hybridized carbons (Fsp3) is 0.182. The number of thioether (sulfide) groups is 1. The molecule has 0 atom stereocenters. The Bertz CT molecular complexity index is 1150. The Morgan fingerprint density at radius 3 is 2.76 bits per heavy atom. The van der Waals surface area contributed by atoms with Gasteiger partial charge in [-0.05, 0) is 49.1 Å². The second kappa shape index (κ2) is 8.31. The Morgan fingerprint density at radius 2 is 2.03 bits per heavy atom. The van der Waals surface area contributed by atoms with Crippen LogP contribution in [0.15, 0.2) is 64.1 Å². The molecule has 0 aliphatic rings. The van der Waals surface area contributed by atoms with Crippen molar-refractivity contribution in [2.45, 2.75) is 18.4 Å². The molecule has 0 saturated heterocycles. The number of anilines is 1. The zero-order valence-corrected chi connectivity index (χ0v) is 18.0. The first-order chi connectivity index (χ1) is 14.1. The lowest BCUT2D eigenvalue weighted by Crippen LogP contribution is -2.30. The molecule has 0 spiro atoms. The van der Waals surface area contributed by atoms with Crippen LogP contribution in [0.25, 0.3) is 10.2 Å². The maximum atomic E-state index is 13.6. The first-order valence-electron chi connectivity index (χ1n) is 9.03. The Kier molecular flexibility index (Phi) is 5.60. The van der Waals surface area contributed by atoms with Crippen molar-refractivity contribution < 1.29 is 13.9 Å². The molecular weight excluding hydrogens is 404 g/mol. The number of hydrogen-bond donors (Lipinski definition) is 0. The van der Waals surface area contributed by atoms with Gasteiger partial charge < -0.3 is 9.15 Å². The largest absolute Gasteiger partial charge is 0.494 e. The lowest BCUT2D eigenvalue weighted by molar-refractivity contribution is 0.0980. The van der Waals surface area contributed by atoms with Crippen LogP contribution in [0.1, 0.15) is 21.7 Å². The Hall–Kier alpha value is -2.77. The van der Waals surface area contributed by atoms with Gasteiger partial charge >= 0.3 is 0 Å². The number of benzene rings is 2. The molecule has 148 valence electrons. The fourth-order valence-electron chi connectivity index (χ4n) is 3.13. The maximum absolute atomic E-state index is 13.6. The third-order valence-corrected chi connectivity index (χ3v) is 6.63. The first-order valence-corrected chi connectivity index (χ1v) is 11.1. The first kappa shape index (κ1) is 19.5. The van der Waals surface area contributed by atoms with Crippen molar-refractivity contribution in [3.05, 3.63) is 71.7 Å². The highest BCUT2D eigenvalue weighted by molar-refractivity contribution is 7.98. The van der Waals surface area contributed by atoms with Gasteiger partial charge in [-0.1, -0.05) is 29.5 Å². The molecule has 0 N–H and O–H groups in total. The number of amides is 1. The molecule has 2 aromatic heterocycles. The average Bonchev–Trinajstić information content (AvgIpc) is 3.42. The van der Waals surface area contributed by atoms with Crippen LogP contribution >= 0.6 is 23.1 Å². The molecule has 0 aliphatic heterocycles. The number of fused-ring (bicyclic) bond motifs is 1. The van der Waals surface area contributed by atoms with Crippen molar-refractivity contribution in [1.29, 1.82) is 0 Å². The maximum Gasteiger partial charge on any atom is 0.261 e. The number of carbonyl (C=O) groups excluding carboxylic acids is 1. The van der Waals surface area contributed by atoms with E-state index in [1.54, 1.807) is 30.0 Å². The van der Waals surface area contributed by atoms with Gasteiger partial charge in [-0.3, -0.25) is 9.69 Å². The van der Waals surface area contributed by atoms with E-state index < -0.39 is 0 Å². The third kappa shape index (κ3) is 3.75. The number of thiazole rings is 1. The highest BCUT2D eigenvalue weighted by Gasteiger charge is 2.25. The van der Waals surface area contributed by atoms with Crippen molar-refractivity contribution in [2.75, 3.05) is 18.3 Å². The highest BCUT2D eigenvalue weighted by atomic mass is 32.2. The average molecular weight is 425 g/mol. The monoisotopic (exact) mass is 424 g/mol. The summed E-state index contributed by atoms with van der Waals surface area (Å²) >= 11 is 3.04. The summed E-state index contributed by atoms with van der Waals surface area (Å²) in [5.41, 5.74) is 2.51. The van der Waals surface area contributed by atoms with Crippen molar-refractivity contribution in [3.8, 4) is 5.75 Å². The molecule has 0 bridgehead atoms. The summed E-state index contributed by atoms with van der Waals surface area (Å²) in [6.07, 6.45) is 3.58. The number of hydrogen-bond acceptors (Lipinski definition) is 6.